The fourth-order valence-corrected chi connectivity index (χ4v) is 3.09. The second-order valence-electron chi connectivity index (χ2n) is 5.32. The van der Waals surface area contributed by atoms with Crippen molar-refractivity contribution in [2.24, 2.45) is 0 Å². The molecule has 2 N–H and O–H groups in total. The fraction of sp³-hybridized carbons (Fsp3) is 0. The van der Waals surface area contributed by atoms with E-state index in [0.717, 1.165) is 0 Å². The molecule has 4 aromatic rings. The van der Waals surface area contributed by atoms with Crippen LogP contribution in [-0.4, -0.2) is 15.2 Å². The molecule has 0 spiro atoms. The van der Waals surface area contributed by atoms with Crippen molar-refractivity contribution in [3.63, 3.8) is 0 Å². The number of hydrogen-bond acceptors (Lipinski definition) is 4. The van der Waals surface area contributed by atoms with Crippen LogP contribution in [0.2, 0.25) is 10.0 Å². The number of fused-ring (bicyclic) bond motifs is 1. The molecule has 2 aromatic heterocycles. The van der Waals surface area contributed by atoms with Crippen molar-refractivity contribution >= 4 is 34.3 Å². The van der Waals surface area contributed by atoms with Crippen LogP contribution in [0.5, 0.6) is 0 Å². The molecule has 124 valence electrons. The number of aromatic nitrogens is 3. The van der Waals surface area contributed by atoms with Crippen LogP contribution in [0.3, 0.4) is 0 Å². The van der Waals surface area contributed by atoms with Gasteiger partial charge in [0.1, 0.15) is 0 Å². The standard InChI is InChI=1S/C17H9Cl2N3O3/c18-8-5-11(15-14(6-8)20-17(24)25-15)13-7-10(16(23)22-21-13)9-3-1-2-4-12(9)19/h1-7H,(H,20,24)(H,22,23). The lowest BCUT2D eigenvalue weighted by Crippen LogP contribution is -2.11. The van der Waals surface area contributed by atoms with Gasteiger partial charge in [-0.3, -0.25) is 9.78 Å². The average Bonchev–Trinajstić information content (AvgIpc) is 2.95. The van der Waals surface area contributed by atoms with Crippen LogP contribution in [0.25, 0.3) is 33.5 Å². The molecule has 0 radical (unpaired) electrons. The minimum Gasteiger partial charge on any atom is -0.407 e. The molecule has 6 nitrogen and oxygen atoms in total. The van der Waals surface area contributed by atoms with E-state index in [9.17, 15) is 9.59 Å². The number of oxazole rings is 1. The Hall–Kier alpha value is -2.83. The van der Waals surface area contributed by atoms with Crippen molar-refractivity contribution < 1.29 is 4.42 Å². The van der Waals surface area contributed by atoms with E-state index in [-0.39, 0.29) is 5.56 Å². The van der Waals surface area contributed by atoms with Gasteiger partial charge in [-0.15, -0.1) is 0 Å². The Morgan fingerprint density at radius 3 is 2.56 bits per heavy atom. The van der Waals surface area contributed by atoms with Gasteiger partial charge in [0.25, 0.3) is 5.56 Å². The first-order chi connectivity index (χ1) is 12.0. The number of rotatable bonds is 2. The minimum atomic E-state index is -0.603. The zero-order valence-electron chi connectivity index (χ0n) is 12.5. The highest BCUT2D eigenvalue weighted by Gasteiger charge is 2.15. The van der Waals surface area contributed by atoms with E-state index in [0.29, 0.717) is 43.5 Å². The smallest absolute Gasteiger partial charge is 0.407 e. The molecule has 0 aliphatic heterocycles. The molecule has 0 unspecified atom stereocenters. The van der Waals surface area contributed by atoms with Gasteiger partial charge in [0, 0.05) is 21.2 Å². The molecule has 8 heteroatoms. The van der Waals surface area contributed by atoms with Gasteiger partial charge in [-0.2, -0.15) is 5.10 Å². The molecular formula is C17H9Cl2N3O3. The number of halogens is 2. The second-order valence-corrected chi connectivity index (χ2v) is 6.16. The molecule has 2 heterocycles. The van der Waals surface area contributed by atoms with Crippen LogP contribution in [0.1, 0.15) is 0 Å². The number of benzene rings is 2. The normalized spacial score (nSPS) is 11.1. The summed E-state index contributed by atoms with van der Waals surface area (Å²) in [6.07, 6.45) is 0. The lowest BCUT2D eigenvalue weighted by Gasteiger charge is -2.06. The third-order valence-corrected chi connectivity index (χ3v) is 4.28. The van der Waals surface area contributed by atoms with Crippen molar-refractivity contribution in [2.75, 3.05) is 0 Å². The molecule has 0 amide bonds. The number of hydrogen-bond donors (Lipinski definition) is 2. The van der Waals surface area contributed by atoms with Crippen molar-refractivity contribution in [1.82, 2.24) is 15.2 Å². The molecule has 0 aliphatic rings. The van der Waals surface area contributed by atoms with E-state index < -0.39 is 5.76 Å². The average molecular weight is 374 g/mol. The topological polar surface area (TPSA) is 91.8 Å². The Bertz CT molecular complexity index is 1220. The predicted molar refractivity (Wildman–Crippen MR) is 96.1 cm³/mol. The third-order valence-electron chi connectivity index (χ3n) is 3.73. The molecule has 0 aliphatic carbocycles. The molecule has 0 saturated heterocycles. The highest BCUT2D eigenvalue weighted by Crippen LogP contribution is 2.32. The van der Waals surface area contributed by atoms with E-state index in [2.05, 4.69) is 15.2 Å². The molecule has 4 rings (SSSR count). The maximum absolute atomic E-state index is 12.2. The van der Waals surface area contributed by atoms with Crippen molar-refractivity contribution in [3.05, 3.63) is 73.4 Å². The first-order valence-corrected chi connectivity index (χ1v) is 7.96. The lowest BCUT2D eigenvalue weighted by atomic mass is 10.0. The Morgan fingerprint density at radius 2 is 1.76 bits per heavy atom. The summed E-state index contributed by atoms with van der Waals surface area (Å²) in [6.45, 7) is 0. The van der Waals surface area contributed by atoms with Crippen LogP contribution in [-0.2, 0) is 0 Å². The molecule has 0 atom stereocenters. The molecule has 25 heavy (non-hydrogen) atoms. The maximum atomic E-state index is 12.2. The highest BCUT2D eigenvalue weighted by atomic mass is 35.5. The van der Waals surface area contributed by atoms with E-state index in [1.807, 2.05) is 0 Å². The molecule has 0 saturated carbocycles. The number of nitrogens with one attached hydrogen (secondary N) is 2. The number of nitrogens with zero attached hydrogens (tertiary/aromatic N) is 1. The zero-order chi connectivity index (χ0) is 17.6. The Kier molecular flexibility index (Phi) is 3.71. The van der Waals surface area contributed by atoms with E-state index >= 15 is 0 Å². The summed E-state index contributed by atoms with van der Waals surface area (Å²) < 4.78 is 5.18. The van der Waals surface area contributed by atoms with Gasteiger partial charge < -0.3 is 4.42 Å². The van der Waals surface area contributed by atoms with Crippen LogP contribution in [0, 0.1) is 0 Å². The Morgan fingerprint density at radius 1 is 0.960 bits per heavy atom. The summed E-state index contributed by atoms with van der Waals surface area (Å²) in [5, 5.41) is 7.33. The summed E-state index contributed by atoms with van der Waals surface area (Å²) in [4.78, 5) is 26.3. The second kappa shape index (κ2) is 5.91. The Labute approximate surface area is 150 Å². The van der Waals surface area contributed by atoms with Gasteiger partial charge in [0.2, 0.25) is 0 Å². The zero-order valence-corrected chi connectivity index (χ0v) is 14.0. The summed E-state index contributed by atoms with van der Waals surface area (Å²) >= 11 is 12.3. The SMILES string of the molecule is O=c1[nH]c2cc(Cl)cc(-c3cc(-c4ccccc4Cl)c(=O)[nH]n3)c2o1. The molecular weight excluding hydrogens is 365 g/mol. The number of H-pyrrole nitrogens is 2. The summed E-state index contributed by atoms with van der Waals surface area (Å²) in [5.41, 5.74) is 2.16. The predicted octanol–water partition coefficient (Wildman–Crippen LogP) is 3.85. The van der Waals surface area contributed by atoms with E-state index in [4.69, 9.17) is 27.6 Å². The number of aromatic amines is 2. The molecule has 0 bridgehead atoms. The summed E-state index contributed by atoms with van der Waals surface area (Å²) in [7, 11) is 0. The Balaban J connectivity index is 2.00. The van der Waals surface area contributed by atoms with Crippen LogP contribution in [0.15, 0.2) is 56.5 Å². The monoisotopic (exact) mass is 373 g/mol. The molecule has 2 aromatic carbocycles. The molecule has 0 fully saturated rings. The fourth-order valence-electron chi connectivity index (χ4n) is 2.64. The van der Waals surface area contributed by atoms with Crippen molar-refractivity contribution in [3.8, 4) is 22.4 Å². The first kappa shape index (κ1) is 15.7. The maximum Gasteiger partial charge on any atom is 0.417 e. The van der Waals surface area contributed by atoms with E-state index in [1.54, 1.807) is 42.5 Å². The van der Waals surface area contributed by atoms with Gasteiger partial charge in [-0.05, 0) is 24.3 Å². The van der Waals surface area contributed by atoms with Gasteiger partial charge in [0.15, 0.2) is 5.58 Å². The third kappa shape index (κ3) is 2.75. The van der Waals surface area contributed by atoms with Crippen LogP contribution >= 0.6 is 23.2 Å². The first-order valence-electron chi connectivity index (χ1n) is 7.20. The van der Waals surface area contributed by atoms with Crippen molar-refractivity contribution in [2.45, 2.75) is 0 Å². The summed E-state index contributed by atoms with van der Waals surface area (Å²) in [5.74, 6) is -0.603. The van der Waals surface area contributed by atoms with Gasteiger partial charge >= 0.3 is 5.76 Å². The minimum absolute atomic E-state index is 0.305. The lowest BCUT2D eigenvalue weighted by molar-refractivity contribution is 0.556. The van der Waals surface area contributed by atoms with Gasteiger partial charge in [-0.25, -0.2) is 9.89 Å². The van der Waals surface area contributed by atoms with Crippen LogP contribution in [0.4, 0.5) is 0 Å². The van der Waals surface area contributed by atoms with E-state index in [1.165, 1.54) is 0 Å². The van der Waals surface area contributed by atoms with Gasteiger partial charge in [-0.1, -0.05) is 41.4 Å². The summed E-state index contributed by atoms with van der Waals surface area (Å²) in [6, 6.07) is 11.8. The van der Waals surface area contributed by atoms with Gasteiger partial charge in [0.05, 0.1) is 16.8 Å². The van der Waals surface area contributed by atoms with Crippen molar-refractivity contribution in [1.29, 1.82) is 0 Å². The largest absolute Gasteiger partial charge is 0.417 e. The van der Waals surface area contributed by atoms with Crippen LogP contribution < -0.4 is 11.3 Å². The quantitative estimate of drug-likeness (QED) is 0.558. The highest BCUT2D eigenvalue weighted by molar-refractivity contribution is 6.33.